The van der Waals surface area contributed by atoms with Crippen molar-refractivity contribution in [1.29, 1.82) is 0 Å². The number of hydrogen-bond donors (Lipinski definition) is 1. The third-order valence-electron chi connectivity index (χ3n) is 4.69. The van der Waals surface area contributed by atoms with Crippen LogP contribution in [0.15, 0.2) is 23.8 Å². The van der Waals surface area contributed by atoms with Crippen molar-refractivity contribution in [1.82, 2.24) is 0 Å². The highest BCUT2D eigenvalue weighted by atomic mass is 16.3. The highest BCUT2D eigenvalue weighted by Gasteiger charge is 2.48. The number of aliphatic hydroxyl groups excluding tert-OH is 1. The summed E-state index contributed by atoms with van der Waals surface area (Å²) in [4.78, 5) is 0. The molecule has 3 atom stereocenters. The van der Waals surface area contributed by atoms with Crippen LogP contribution in [0.3, 0.4) is 0 Å². The van der Waals surface area contributed by atoms with E-state index in [-0.39, 0.29) is 6.10 Å². The quantitative estimate of drug-likeness (QED) is 0.617. The maximum Gasteiger partial charge on any atom is 0.0750 e. The van der Waals surface area contributed by atoms with Crippen LogP contribution in [0.25, 0.3) is 0 Å². The zero-order valence-electron chi connectivity index (χ0n) is 10.8. The summed E-state index contributed by atoms with van der Waals surface area (Å²) in [5.74, 6) is 1.28. The van der Waals surface area contributed by atoms with Gasteiger partial charge in [0.05, 0.1) is 6.10 Å². The van der Waals surface area contributed by atoms with Crippen LogP contribution in [0.2, 0.25) is 0 Å². The van der Waals surface area contributed by atoms with E-state index >= 15 is 0 Å². The van der Waals surface area contributed by atoms with Gasteiger partial charge in [0.1, 0.15) is 0 Å². The summed E-state index contributed by atoms with van der Waals surface area (Å²) in [6.45, 7) is 10.9. The SMILES string of the molecule is C=C1CC/C=C(\C)[C@H](O)C[C@@H]2C1CC2(C)C. The van der Waals surface area contributed by atoms with Crippen molar-refractivity contribution in [3.8, 4) is 0 Å². The van der Waals surface area contributed by atoms with E-state index in [1.807, 2.05) is 0 Å². The molecule has 2 rings (SSSR count). The monoisotopic (exact) mass is 220 g/mol. The minimum absolute atomic E-state index is 0.238. The van der Waals surface area contributed by atoms with Crippen LogP contribution in [-0.2, 0) is 0 Å². The molecule has 1 fully saturated rings. The van der Waals surface area contributed by atoms with Crippen LogP contribution in [-0.4, -0.2) is 11.2 Å². The van der Waals surface area contributed by atoms with E-state index in [2.05, 4.69) is 33.4 Å². The number of rotatable bonds is 0. The van der Waals surface area contributed by atoms with E-state index in [1.54, 1.807) is 0 Å². The second-order valence-corrected chi connectivity index (χ2v) is 6.30. The molecule has 0 bridgehead atoms. The van der Waals surface area contributed by atoms with E-state index in [1.165, 1.54) is 12.0 Å². The lowest BCUT2D eigenvalue weighted by Crippen LogP contribution is -2.46. The van der Waals surface area contributed by atoms with Gasteiger partial charge in [0.15, 0.2) is 0 Å². The molecule has 2 aliphatic rings. The fourth-order valence-corrected chi connectivity index (χ4v) is 3.39. The van der Waals surface area contributed by atoms with E-state index in [0.29, 0.717) is 17.3 Å². The Morgan fingerprint density at radius 1 is 1.44 bits per heavy atom. The number of aliphatic hydroxyl groups is 1. The zero-order valence-corrected chi connectivity index (χ0v) is 10.8. The first-order valence-electron chi connectivity index (χ1n) is 6.44. The largest absolute Gasteiger partial charge is 0.389 e. The third kappa shape index (κ3) is 1.98. The molecule has 0 aromatic carbocycles. The third-order valence-corrected chi connectivity index (χ3v) is 4.69. The van der Waals surface area contributed by atoms with Gasteiger partial charge in [-0.1, -0.05) is 32.1 Å². The summed E-state index contributed by atoms with van der Waals surface area (Å²) in [6.07, 6.45) is 6.26. The first-order valence-corrected chi connectivity index (χ1v) is 6.44. The summed E-state index contributed by atoms with van der Waals surface area (Å²) >= 11 is 0. The van der Waals surface area contributed by atoms with Gasteiger partial charge in [0.2, 0.25) is 0 Å². The van der Waals surface area contributed by atoms with Crippen molar-refractivity contribution < 1.29 is 5.11 Å². The summed E-state index contributed by atoms with van der Waals surface area (Å²) < 4.78 is 0. The molecule has 1 unspecified atom stereocenters. The minimum Gasteiger partial charge on any atom is -0.389 e. The maximum absolute atomic E-state index is 10.2. The first kappa shape index (κ1) is 11.9. The molecule has 1 heteroatoms. The van der Waals surface area contributed by atoms with Gasteiger partial charge in [0, 0.05) is 0 Å². The molecular formula is C15H24O. The average Bonchev–Trinajstić information content (AvgIpc) is 2.24. The first-order chi connectivity index (χ1) is 7.42. The number of allylic oxidation sites excluding steroid dienone is 2. The van der Waals surface area contributed by atoms with Gasteiger partial charge in [0.25, 0.3) is 0 Å². The Morgan fingerprint density at radius 3 is 2.75 bits per heavy atom. The molecular weight excluding hydrogens is 196 g/mol. The summed E-state index contributed by atoms with van der Waals surface area (Å²) in [7, 11) is 0. The van der Waals surface area contributed by atoms with Crippen LogP contribution < -0.4 is 0 Å². The lowest BCUT2D eigenvalue weighted by atomic mass is 9.52. The average molecular weight is 220 g/mol. The summed E-state index contributed by atoms with van der Waals surface area (Å²) in [5, 5.41) is 10.2. The Balaban J connectivity index is 2.19. The molecule has 0 radical (unpaired) electrons. The second kappa shape index (κ2) is 4.03. The fourth-order valence-electron chi connectivity index (χ4n) is 3.39. The highest BCUT2D eigenvalue weighted by Crippen LogP contribution is 2.56. The molecule has 90 valence electrons. The van der Waals surface area contributed by atoms with Crippen molar-refractivity contribution in [3.63, 3.8) is 0 Å². The molecule has 1 saturated carbocycles. The van der Waals surface area contributed by atoms with Crippen molar-refractivity contribution >= 4 is 0 Å². The molecule has 0 saturated heterocycles. The topological polar surface area (TPSA) is 20.2 Å². The highest BCUT2D eigenvalue weighted by molar-refractivity contribution is 5.18. The second-order valence-electron chi connectivity index (χ2n) is 6.30. The summed E-state index contributed by atoms with van der Waals surface area (Å²) in [5.41, 5.74) is 2.94. The molecule has 0 amide bonds. The minimum atomic E-state index is -0.238. The van der Waals surface area contributed by atoms with Crippen LogP contribution in [0.5, 0.6) is 0 Å². The predicted octanol–water partition coefficient (Wildman–Crippen LogP) is 3.70. The van der Waals surface area contributed by atoms with E-state index < -0.39 is 0 Å². The molecule has 1 nitrogen and oxygen atoms in total. The van der Waals surface area contributed by atoms with E-state index in [9.17, 15) is 5.11 Å². The molecule has 2 aliphatic carbocycles. The van der Waals surface area contributed by atoms with Crippen LogP contribution in [0, 0.1) is 17.3 Å². The Kier molecular flexibility index (Phi) is 3.00. The van der Waals surface area contributed by atoms with Crippen molar-refractivity contribution in [3.05, 3.63) is 23.8 Å². The van der Waals surface area contributed by atoms with E-state index in [4.69, 9.17) is 0 Å². The Morgan fingerprint density at radius 2 is 2.12 bits per heavy atom. The molecule has 1 N–H and O–H groups in total. The van der Waals surface area contributed by atoms with Gasteiger partial charge in [-0.2, -0.15) is 0 Å². The molecule has 0 aliphatic heterocycles. The van der Waals surface area contributed by atoms with Gasteiger partial charge >= 0.3 is 0 Å². The number of fused-ring (bicyclic) bond motifs is 1. The van der Waals surface area contributed by atoms with Crippen LogP contribution >= 0.6 is 0 Å². The van der Waals surface area contributed by atoms with Gasteiger partial charge in [-0.25, -0.2) is 0 Å². The maximum atomic E-state index is 10.2. The zero-order chi connectivity index (χ0) is 11.9. The standard InChI is InChI=1S/C15H24O/c1-10-6-5-7-11(2)14(16)8-13-12(10)9-15(13,3)4/h7,12-14,16H,1,5-6,8-9H2,2-4H3/b11-7+/t12?,13-,14-/m1/s1. The van der Waals surface area contributed by atoms with Gasteiger partial charge in [-0.15, -0.1) is 0 Å². The number of hydrogen-bond acceptors (Lipinski definition) is 1. The van der Waals surface area contributed by atoms with Crippen LogP contribution in [0.4, 0.5) is 0 Å². The molecule has 16 heavy (non-hydrogen) atoms. The molecule has 0 heterocycles. The fraction of sp³-hybridized carbons (Fsp3) is 0.733. The normalized spacial score (nSPS) is 41.9. The lowest BCUT2D eigenvalue weighted by molar-refractivity contribution is -0.0197. The molecule has 0 spiro atoms. The summed E-state index contributed by atoms with van der Waals surface area (Å²) in [6, 6.07) is 0. The van der Waals surface area contributed by atoms with Gasteiger partial charge < -0.3 is 5.11 Å². The van der Waals surface area contributed by atoms with Gasteiger partial charge in [-0.3, -0.25) is 0 Å². The van der Waals surface area contributed by atoms with Gasteiger partial charge in [-0.05, 0) is 55.4 Å². The van der Waals surface area contributed by atoms with Crippen molar-refractivity contribution in [2.45, 2.75) is 52.6 Å². The Bertz CT molecular complexity index is 324. The predicted molar refractivity (Wildman–Crippen MR) is 68.1 cm³/mol. The van der Waals surface area contributed by atoms with Crippen molar-refractivity contribution in [2.75, 3.05) is 0 Å². The Hall–Kier alpha value is -0.560. The van der Waals surface area contributed by atoms with Crippen LogP contribution in [0.1, 0.15) is 46.5 Å². The van der Waals surface area contributed by atoms with E-state index in [0.717, 1.165) is 24.8 Å². The lowest BCUT2D eigenvalue weighted by Gasteiger charge is -2.53. The van der Waals surface area contributed by atoms with Crippen molar-refractivity contribution in [2.24, 2.45) is 17.3 Å². The molecule has 0 aromatic heterocycles. The molecule has 0 aromatic rings. The Labute approximate surface area is 99.3 Å². The smallest absolute Gasteiger partial charge is 0.0750 e.